The second kappa shape index (κ2) is 19.0. The maximum Gasteiger partial charge on any atom is 0.411 e. The Morgan fingerprint density at radius 2 is 1.78 bits per heavy atom. The van der Waals surface area contributed by atoms with Crippen LogP contribution in [0.3, 0.4) is 0 Å². The quantitative estimate of drug-likeness (QED) is 0.111. The van der Waals surface area contributed by atoms with Crippen LogP contribution < -0.4 is 10.6 Å². The first kappa shape index (κ1) is 39.1. The number of carbonyl (C=O) groups is 2. The molecule has 0 fully saturated rings. The normalized spacial score (nSPS) is 17.0. The molecule has 0 radical (unpaired) electrons. The minimum Gasteiger partial charge on any atom is -0.453 e. The smallest absolute Gasteiger partial charge is 0.411 e. The number of ether oxygens (including phenoxy) is 1. The Balaban J connectivity index is 0.00000154. The number of nitrogens with one attached hydrogen (secondary N) is 2. The average molecular weight is 695 g/mol. The number of anilines is 2. The fourth-order valence-electron chi connectivity index (χ4n) is 5.64. The molecular formula is C39H45ClF2N2O5. The van der Waals surface area contributed by atoms with Gasteiger partial charge in [0.25, 0.3) is 0 Å². The van der Waals surface area contributed by atoms with E-state index in [1.807, 2.05) is 31.2 Å². The molecule has 7 nitrogen and oxygen atoms in total. The predicted molar refractivity (Wildman–Crippen MR) is 193 cm³/mol. The van der Waals surface area contributed by atoms with Crippen LogP contribution in [0, 0.1) is 17.6 Å². The lowest BCUT2D eigenvalue weighted by Crippen LogP contribution is -2.21. The van der Waals surface area contributed by atoms with Gasteiger partial charge in [-0.3, -0.25) is 10.1 Å². The third-order valence-electron chi connectivity index (χ3n) is 8.54. The second-order valence-corrected chi connectivity index (χ2v) is 12.0. The molecule has 2 N–H and O–H groups in total. The van der Waals surface area contributed by atoms with Crippen LogP contribution in [0.5, 0.6) is 0 Å². The monoisotopic (exact) mass is 694 g/mol. The molecule has 0 saturated heterocycles. The Hall–Kier alpha value is -4.31. The number of fused-ring (bicyclic) bond motifs is 4. The van der Waals surface area contributed by atoms with Crippen molar-refractivity contribution in [2.45, 2.75) is 59.3 Å². The topological polar surface area (TPSA) is 85.9 Å². The Morgan fingerprint density at radius 3 is 2.43 bits per heavy atom. The first-order valence-corrected chi connectivity index (χ1v) is 16.5. The number of benzene rings is 3. The summed E-state index contributed by atoms with van der Waals surface area (Å²) in [5.41, 5.74) is 6.33. The molecule has 1 aliphatic heterocycles. The summed E-state index contributed by atoms with van der Waals surface area (Å²) in [6.45, 7) is 7.82. The Bertz CT molecular complexity index is 1720. The number of carbonyl (C=O) groups excluding carboxylic acids is 2. The van der Waals surface area contributed by atoms with Gasteiger partial charge in [0.1, 0.15) is 5.82 Å². The van der Waals surface area contributed by atoms with E-state index in [1.54, 1.807) is 31.2 Å². The third kappa shape index (κ3) is 10.3. The van der Waals surface area contributed by atoms with Gasteiger partial charge in [-0.05, 0) is 79.6 Å². The summed E-state index contributed by atoms with van der Waals surface area (Å²) in [6, 6.07) is 16.0. The lowest BCUT2D eigenvalue weighted by Gasteiger charge is -2.25. The van der Waals surface area contributed by atoms with Crippen molar-refractivity contribution in [2.24, 2.45) is 5.92 Å². The van der Waals surface area contributed by atoms with Crippen molar-refractivity contribution < 1.29 is 32.9 Å². The first-order valence-electron chi connectivity index (χ1n) is 16.1. The van der Waals surface area contributed by atoms with Crippen molar-refractivity contribution in [3.05, 3.63) is 112 Å². The zero-order valence-corrected chi connectivity index (χ0v) is 29.8. The van der Waals surface area contributed by atoms with Crippen LogP contribution >= 0.6 is 11.6 Å². The summed E-state index contributed by atoms with van der Waals surface area (Å²) in [4.78, 5) is 33.2. The highest BCUT2D eigenvalue weighted by Gasteiger charge is 2.23. The lowest BCUT2D eigenvalue weighted by atomic mass is 9.81. The van der Waals surface area contributed by atoms with Gasteiger partial charge in [0, 0.05) is 23.1 Å². The number of amides is 2. The van der Waals surface area contributed by atoms with Crippen LogP contribution in [-0.2, 0) is 19.3 Å². The Morgan fingerprint density at radius 1 is 1.04 bits per heavy atom. The van der Waals surface area contributed by atoms with Crippen molar-refractivity contribution in [3.8, 4) is 11.1 Å². The van der Waals surface area contributed by atoms with E-state index < -0.39 is 17.7 Å². The Kier molecular flexibility index (Phi) is 15.2. The van der Waals surface area contributed by atoms with Crippen molar-refractivity contribution >= 4 is 40.5 Å². The van der Waals surface area contributed by atoms with Gasteiger partial charge < -0.3 is 10.1 Å². The van der Waals surface area contributed by atoms with E-state index >= 15 is 0 Å². The van der Waals surface area contributed by atoms with Crippen molar-refractivity contribution in [1.29, 1.82) is 0 Å². The predicted octanol–water partition coefficient (Wildman–Crippen LogP) is 10.9. The average Bonchev–Trinajstić information content (AvgIpc) is 3.11. The number of halogens is 3. The molecule has 0 saturated carbocycles. The maximum atomic E-state index is 15.0. The molecule has 0 aliphatic carbocycles. The molecule has 2 unspecified atom stereocenters. The van der Waals surface area contributed by atoms with Gasteiger partial charge in [-0.2, -0.15) is 0 Å². The summed E-state index contributed by atoms with van der Waals surface area (Å²) in [5, 5.41) is 5.60. The molecule has 2 atom stereocenters. The number of methoxy groups -OCH3 is 1. The molecule has 49 heavy (non-hydrogen) atoms. The van der Waals surface area contributed by atoms with E-state index in [9.17, 15) is 18.4 Å². The van der Waals surface area contributed by atoms with Crippen LogP contribution in [-0.4, -0.2) is 33.3 Å². The van der Waals surface area contributed by atoms with Crippen molar-refractivity contribution in [1.82, 2.24) is 0 Å². The van der Waals surface area contributed by atoms with Gasteiger partial charge in [-0.1, -0.05) is 86.0 Å². The number of hydrogen-bond acceptors (Lipinski definition) is 5. The summed E-state index contributed by atoms with van der Waals surface area (Å²) < 4.78 is 34.5. The largest absolute Gasteiger partial charge is 0.453 e. The molecule has 3 aromatic rings. The van der Waals surface area contributed by atoms with Crippen LogP contribution in [0.4, 0.5) is 25.0 Å². The van der Waals surface area contributed by atoms with Gasteiger partial charge >= 0.3 is 6.09 Å². The van der Waals surface area contributed by atoms with Gasteiger partial charge in [0.05, 0.1) is 37.6 Å². The van der Waals surface area contributed by atoms with Gasteiger partial charge in [0.2, 0.25) is 5.91 Å². The SMILES string of the molecule is COOC.C\C=C(/C=C\C(=C(/C)CC)C1CCCC(C)C(=O)Nc2cc(NC(=O)OC)ccc2-c2cccc1c2)c1c(F)ccc(Cl)c1F. The fraction of sp³-hybridized carbons (Fsp3) is 0.333. The van der Waals surface area contributed by atoms with Crippen LogP contribution in [0.1, 0.15) is 70.4 Å². The van der Waals surface area contributed by atoms with Gasteiger partial charge in [0.15, 0.2) is 5.82 Å². The number of rotatable bonds is 7. The zero-order valence-electron chi connectivity index (χ0n) is 29.1. The molecule has 0 spiro atoms. The first-order chi connectivity index (χ1) is 23.5. The zero-order chi connectivity index (χ0) is 36.1. The molecule has 262 valence electrons. The lowest BCUT2D eigenvalue weighted by molar-refractivity contribution is -0.248. The van der Waals surface area contributed by atoms with E-state index in [0.717, 1.165) is 47.1 Å². The standard InChI is InChI=1S/C37H39ClF2N2O3.C2H6O2/c1-6-22(3)28(16-14-24(7-2)34-32(39)19-18-31(38)35(34)40)29-13-8-10-23(4)36(43)42-33-21-27(41-37(44)45-5)15-17-30(33)26-12-9-11-25(29)20-26;1-3-4-2/h7,9,11-12,14-21,23,29H,6,8,10,13H2,1-5H3,(H,41,44)(H,42,43);1-2H3/b16-14-,24-7+,28-22-;. The number of allylic oxidation sites excluding steroid dienone is 6. The van der Waals surface area contributed by atoms with E-state index in [-0.39, 0.29) is 28.3 Å². The minimum absolute atomic E-state index is 0.0355. The highest BCUT2D eigenvalue weighted by atomic mass is 35.5. The highest BCUT2D eigenvalue weighted by Crippen LogP contribution is 2.39. The van der Waals surface area contributed by atoms with Gasteiger partial charge in [-0.25, -0.2) is 23.4 Å². The van der Waals surface area contributed by atoms with E-state index in [0.29, 0.717) is 23.4 Å². The van der Waals surface area contributed by atoms with E-state index in [1.165, 1.54) is 33.5 Å². The van der Waals surface area contributed by atoms with E-state index in [4.69, 9.17) is 16.3 Å². The molecule has 3 aromatic carbocycles. The molecular weight excluding hydrogens is 650 g/mol. The van der Waals surface area contributed by atoms with Crippen LogP contribution in [0.25, 0.3) is 16.7 Å². The molecule has 2 bridgehead atoms. The molecule has 1 heterocycles. The van der Waals surface area contributed by atoms with Gasteiger partial charge in [-0.15, -0.1) is 0 Å². The summed E-state index contributed by atoms with van der Waals surface area (Å²) in [7, 11) is 4.21. The van der Waals surface area contributed by atoms with E-state index in [2.05, 4.69) is 46.4 Å². The summed E-state index contributed by atoms with van der Waals surface area (Å²) in [5.74, 6) is -1.87. The molecule has 2 amide bonds. The van der Waals surface area contributed by atoms with Crippen molar-refractivity contribution in [2.75, 3.05) is 32.0 Å². The summed E-state index contributed by atoms with van der Waals surface area (Å²) in [6.07, 6.45) is 7.81. The van der Waals surface area contributed by atoms with Crippen LogP contribution in [0.15, 0.2) is 84.0 Å². The molecule has 4 rings (SSSR count). The fourth-order valence-corrected chi connectivity index (χ4v) is 5.80. The molecule has 10 heteroatoms. The Labute approximate surface area is 292 Å². The number of hydrogen-bond donors (Lipinski definition) is 2. The minimum atomic E-state index is -0.790. The maximum absolute atomic E-state index is 15.0. The highest BCUT2D eigenvalue weighted by molar-refractivity contribution is 6.31. The third-order valence-corrected chi connectivity index (χ3v) is 8.83. The molecule has 0 aromatic heterocycles. The summed E-state index contributed by atoms with van der Waals surface area (Å²) >= 11 is 6.01. The molecule has 1 aliphatic rings. The second-order valence-electron chi connectivity index (χ2n) is 11.6. The van der Waals surface area contributed by atoms with Crippen LogP contribution in [0.2, 0.25) is 5.02 Å². The van der Waals surface area contributed by atoms with Crippen molar-refractivity contribution in [3.63, 3.8) is 0 Å².